The molecule has 0 aliphatic heterocycles. The molecule has 1 aromatic rings. The number of aryl methyl sites for hydroxylation is 1. The molecule has 3 nitrogen and oxygen atoms in total. The summed E-state index contributed by atoms with van der Waals surface area (Å²) in [6.45, 7) is 1.84. The molecular formula is C9H10FNO2. The van der Waals surface area contributed by atoms with Crippen LogP contribution in [0.25, 0.3) is 0 Å². The molecule has 70 valence electrons. The number of ether oxygens (including phenoxy) is 1. The van der Waals surface area contributed by atoms with E-state index in [1.165, 1.54) is 6.07 Å². The fourth-order valence-corrected chi connectivity index (χ4v) is 0.994. The average Bonchev–Trinajstić information content (AvgIpc) is 2.03. The van der Waals surface area contributed by atoms with E-state index in [1.807, 2.05) is 6.92 Å². The maximum absolute atomic E-state index is 13.1. The fraction of sp³-hybridized carbons (Fsp3) is 0.222. The molecule has 0 atom stereocenters. The van der Waals surface area contributed by atoms with E-state index in [9.17, 15) is 9.18 Å². The van der Waals surface area contributed by atoms with Gasteiger partial charge >= 0.3 is 6.09 Å². The third-order valence-electron chi connectivity index (χ3n) is 1.62. The zero-order valence-electron chi connectivity index (χ0n) is 7.21. The highest BCUT2D eigenvalue weighted by Gasteiger charge is 2.03. The molecule has 1 amide bonds. The largest absolute Gasteiger partial charge is 0.410 e. The number of benzene rings is 1. The Labute approximate surface area is 75.3 Å². The maximum atomic E-state index is 13.1. The van der Waals surface area contributed by atoms with E-state index in [0.29, 0.717) is 12.0 Å². The molecule has 0 aliphatic rings. The molecule has 0 unspecified atom stereocenters. The smallest absolute Gasteiger partial charge is 0.409 e. The SMILES string of the molecule is CCc1ccc(OC(N)=O)cc1F. The first-order valence-electron chi connectivity index (χ1n) is 3.89. The number of primary amides is 1. The second-order valence-corrected chi connectivity index (χ2v) is 2.53. The zero-order chi connectivity index (χ0) is 9.84. The third kappa shape index (κ3) is 2.43. The van der Waals surface area contributed by atoms with E-state index >= 15 is 0 Å². The molecule has 1 aromatic carbocycles. The number of carbonyl (C=O) groups excluding carboxylic acids is 1. The van der Waals surface area contributed by atoms with E-state index in [4.69, 9.17) is 5.73 Å². The predicted octanol–water partition coefficient (Wildman–Crippen LogP) is 1.85. The molecule has 0 aromatic heterocycles. The summed E-state index contributed by atoms with van der Waals surface area (Å²) in [5.41, 5.74) is 5.34. The predicted molar refractivity (Wildman–Crippen MR) is 46.0 cm³/mol. The molecule has 2 N–H and O–H groups in total. The normalized spacial score (nSPS) is 9.69. The van der Waals surface area contributed by atoms with Gasteiger partial charge in [-0.15, -0.1) is 0 Å². The van der Waals surface area contributed by atoms with Gasteiger partial charge in [0, 0.05) is 6.07 Å². The molecular weight excluding hydrogens is 173 g/mol. The van der Waals surface area contributed by atoms with Crippen LogP contribution >= 0.6 is 0 Å². The van der Waals surface area contributed by atoms with Gasteiger partial charge in [-0.05, 0) is 18.1 Å². The molecule has 0 fully saturated rings. The van der Waals surface area contributed by atoms with Crippen LogP contribution in [0, 0.1) is 5.82 Å². The van der Waals surface area contributed by atoms with Crippen LogP contribution in [0.4, 0.5) is 9.18 Å². The molecule has 0 bridgehead atoms. The van der Waals surface area contributed by atoms with Crippen molar-refractivity contribution in [3.8, 4) is 5.75 Å². The Morgan fingerprint density at radius 3 is 2.77 bits per heavy atom. The summed E-state index contributed by atoms with van der Waals surface area (Å²) in [5, 5.41) is 0. The van der Waals surface area contributed by atoms with Crippen molar-refractivity contribution in [1.82, 2.24) is 0 Å². The van der Waals surface area contributed by atoms with Crippen molar-refractivity contribution in [2.24, 2.45) is 5.73 Å². The van der Waals surface area contributed by atoms with Crippen molar-refractivity contribution in [1.29, 1.82) is 0 Å². The van der Waals surface area contributed by atoms with Crippen molar-refractivity contribution in [2.75, 3.05) is 0 Å². The van der Waals surface area contributed by atoms with Crippen LogP contribution in [0.15, 0.2) is 18.2 Å². The minimum absolute atomic E-state index is 0.127. The number of hydrogen-bond donors (Lipinski definition) is 1. The second-order valence-electron chi connectivity index (χ2n) is 2.53. The van der Waals surface area contributed by atoms with Gasteiger partial charge in [0.2, 0.25) is 0 Å². The molecule has 4 heteroatoms. The highest BCUT2D eigenvalue weighted by atomic mass is 19.1. The van der Waals surface area contributed by atoms with Crippen molar-refractivity contribution in [3.63, 3.8) is 0 Å². The average molecular weight is 183 g/mol. The van der Waals surface area contributed by atoms with Crippen LogP contribution in [0.2, 0.25) is 0 Å². The lowest BCUT2D eigenvalue weighted by Gasteiger charge is -2.03. The maximum Gasteiger partial charge on any atom is 0.409 e. The van der Waals surface area contributed by atoms with Gasteiger partial charge in [0.1, 0.15) is 11.6 Å². The van der Waals surface area contributed by atoms with Crippen LogP contribution in [-0.2, 0) is 6.42 Å². The number of rotatable bonds is 2. The van der Waals surface area contributed by atoms with Crippen molar-refractivity contribution < 1.29 is 13.9 Å². The number of amides is 1. The Hall–Kier alpha value is -1.58. The lowest BCUT2D eigenvalue weighted by molar-refractivity contribution is 0.210. The molecule has 0 aliphatic carbocycles. The van der Waals surface area contributed by atoms with Gasteiger partial charge in [-0.1, -0.05) is 13.0 Å². The first-order chi connectivity index (χ1) is 6.13. The van der Waals surface area contributed by atoms with E-state index in [0.717, 1.165) is 6.07 Å². The molecule has 0 spiro atoms. The van der Waals surface area contributed by atoms with Crippen LogP contribution in [0.1, 0.15) is 12.5 Å². The van der Waals surface area contributed by atoms with E-state index in [2.05, 4.69) is 4.74 Å². The summed E-state index contributed by atoms with van der Waals surface area (Å²) in [7, 11) is 0. The van der Waals surface area contributed by atoms with Crippen molar-refractivity contribution in [2.45, 2.75) is 13.3 Å². The molecule has 13 heavy (non-hydrogen) atoms. The number of hydrogen-bond acceptors (Lipinski definition) is 2. The van der Waals surface area contributed by atoms with Gasteiger partial charge in [-0.25, -0.2) is 9.18 Å². The molecule has 0 saturated carbocycles. The zero-order valence-corrected chi connectivity index (χ0v) is 7.21. The second kappa shape index (κ2) is 3.89. The summed E-state index contributed by atoms with van der Waals surface area (Å²) in [5.74, 6) is -0.261. The minimum Gasteiger partial charge on any atom is -0.410 e. The van der Waals surface area contributed by atoms with E-state index < -0.39 is 6.09 Å². The summed E-state index contributed by atoms with van der Waals surface area (Å²) < 4.78 is 17.6. The quantitative estimate of drug-likeness (QED) is 0.760. The summed E-state index contributed by atoms with van der Waals surface area (Å²) in [4.78, 5) is 10.3. The van der Waals surface area contributed by atoms with Crippen LogP contribution in [0.5, 0.6) is 5.75 Å². The third-order valence-corrected chi connectivity index (χ3v) is 1.62. The molecule has 0 heterocycles. The van der Waals surface area contributed by atoms with Gasteiger partial charge in [-0.2, -0.15) is 0 Å². The highest BCUT2D eigenvalue weighted by molar-refractivity contribution is 5.68. The first-order valence-corrected chi connectivity index (χ1v) is 3.89. The van der Waals surface area contributed by atoms with Gasteiger partial charge in [-0.3, -0.25) is 0 Å². The van der Waals surface area contributed by atoms with Crippen LogP contribution in [0.3, 0.4) is 0 Å². The topological polar surface area (TPSA) is 52.3 Å². The summed E-state index contributed by atoms with van der Waals surface area (Å²) in [6, 6.07) is 4.21. The fourth-order valence-electron chi connectivity index (χ4n) is 0.994. The first kappa shape index (κ1) is 9.51. The number of halogens is 1. The van der Waals surface area contributed by atoms with Crippen LogP contribution < -0.4 is 10.5 Å². The van der Waals surface area contributed by atoms with E-state index in [-0.39, 0.29) is 11.6 Å². The number of carbonyl (C=O) groups is 1. The molecule has 0 radical (unpaired) electrons. The lowest BCUT2D eigenvalue weighted by Crippen LogP contribution is -2.16. The molecule has 1 rings (SSSR count). The molecule has 0 saturated heterocycles. The Morgan fingerprint density at radius 2 is 2.31 bits per heavy atom. The summed E-state index contributed by atoms with van der Waals surface area (Å²) >= 11 is 0. The minimum atomic E-state index is -0.941. The highest BCUT2D eigenvalue weighted by Crippen LogP contribution is 2.16. The standard InChI is InChI=1S/C9H10FNO2/c1-2-6-3-4-7(5-8(6)10)13-9(11)12/h3-5H,2H2,1H3,(H2,11,12). The Bertz CT molecular complexity index is 325. The Balaban J connectivity index is 2.89. The Kier molecular flexibility index (Phi) is 2.84. The van der Waals surface area contributed by atoms with Gasteiger partial charge in [0.25, 0.3) is 0 Å². The lowest BCUT2D eigenvalue weighted by atomic mass is 10.1. The van der Waals surface area contributed by atoms with Gasteiger partial charge in [0.05, 0.1) is 0 Å². The van der Waals surface area contributed by atoms with Crippen molar-refractivity contribution >= 4 is 6.09 Å². The van der Waals surface area contributed by atoms with Crippen LogP contribution in [-0.4, -0.2) is 6.09 Å². The Morgan fingerprint density at radius 1 is 1.62 bits per heavy atom. The number of nitrogens with two attached hydrogens (primary N) is 1. The van der Waals surface area contributed by atoms with Gasteiger partial charge in [0.15, 0.2) is 0 Å². The monoisotopic (exact) mass is 183 g/mol. The van der Waals surface area contributed by atoms with E-state index in [1.54, 1.807) is 6.07 Å². The van der Waals surface area contributed by atoms with Crippen molar-refractivity contribution in [3.05, 3.63) is 29.6 Å². The van der Waals surface area contributed by atoms with Gasteiger partial charge < -0.3 is 10.5 Å². The summed E-state index contributed by atoms with van der Waals surface area (Å²) in [6.07, 6.45) is -0.341.